The molecule has 8 nitrogen and oxygen atoms in total. The predicted molar refractivity (Wildman–Crippen MR) is 75.1 cm³/mol. The predicted octanol–water partition coefficient (Wildman–Crippen LogP) is 0.357. The summed E-state index contributed by atoms with van der Waals surface area (Å²) in [4.78, 5) is 26.7. The first kappa shape index (κ1) is 13.3. The molecule has 1 fully saturated rings. The molecular weight excluding hydrogens is 274 g/mol. The summed E-state index contributed by atoms with van der Waals surface area (Å²) in [5.74, 6) is -1.02. The second-order valence-electron chi connectivity index (χ2n) is 5.04. The van der Waals surface area contributed by atoms with Gasteiger partial charge in [0.05, 0.1) is 17.3 Å². The molecule has 3 N–H and O–H groups in total. The number of hydrogen-bond donors (Lipinski definition) is 3. The molecule has 8 heteroatoms. The van der Waals surface area contributed by atoms with Crippen molar-refractivity contribution < 1.29 is 14.7 Å². The van der Waals surface area contributed by atoms with Crippen molar-refractivity contribution in [2.24, 2.45) is 7.05 Å². The van der Waals surface area contributed by atoms with Crippen LogP contribution in [0.2, 0.25) is 0 Å². The third-order valence-electron chi connectivity index (χ3n) is 3.60. The largest absolute Gasteiger partial charge is 0.478 e. The number of nitrogens with zero attached hydrogens (tertiary/aromatic N) is 3. The van der Waals surface area contributed by atoms with Gasteiger partial charge in [-0.25, -0.2) is 9.78 Å². The number of carboxylic acid groups (broad SMARTS) is 1. The lowest BCUT2D eigenvalue weighted by molar-refractivity contribution is -0.119. The number of fused-ring (bicyclic) bond motifs is 1. The Labute approximate surface area is 120 Å². The molecular formula is C13H15N5O3. The number of carboxylic acids is 1. The first-order valence-electron chi connectivity index (χ1n) is 6.63. The van der Waals surface area contributed by atoms with E-state index in [1.54, 1.807) is 17.9 Å². The molecule has 1 aliphatic rings. The third kappa shape index (κ3) is 2.39. The molecule has 110 valence electrons. The van der Waals surface area contributed by atoms with Crippen LogP contribution in [0.5, 0.6) is 0 Å². The Morgan fingerprint density at radius 2 is 2.38 bits per heavy atom. The molecule has 0 spiro atoms. The highest BCUT2D eigenvalue weighted by Crippen LogP contribution is 2.26. The smallest absolute Gasteiger partial charge is 0.339 e. The van der Waals surface area contributed by atoms with Crippen molar-refractivity contribution in [3.63, 3.8) is 0 Å². The van der Waals surface area contributed by atoms with Crippen molar-refractivity contribution in [3.8, 4) is 0 Å². The first-order valence-corrected chi connectivity index (χ1v) is 6.63. The molecule has 0 radical (unpaired) electrons. The van der Waals surface area contributed by atoms with Gasteiger partial charge in [-0.05, 0) is 6.42 Å². The summed E-state index contributed by atoms with van der Waals surface area (Å²) in [6.45, 7) is 0.472. The van der Waals surface area contributed by atoms with Crippen molar-refractivity contribution in [2.75, 3.05) is 11.9 Å². The number of aromatic nitrogens is 3. The highest BCUT2D eigenvalue weighted by molar-refractivity contribution is 6.03. The summed E-state index contributed by atoms with van der Waals surface area (Å²) in [7, 11) is 1.75. The summed E-state index contributed by atoms with van der Waals surface area (Å²) in [6, 6.07) is 0.0130. The fraction of sp³-hybridized carbons (Fsp3) is 0.385. The Kier molecular flexibility index (Phi) is 3.20. The van der Waals surface area contributed by atoms with Gasteiger partial charge in [-0.1, -0.05) is 0 Å². The standard InChI is InChI=1S/C13H15N5O3/c1-18-12-8(6-16-18)11(9(5-15-12)13(20)21)14-4-7-2-3-10(19)17-7/h5-7H,2-4H2,1H3,(H,14,15)(H,17,19)(H,20,21). The highest BCUT2D eigenvalue weighted by atomic mass is 16.4. The molecule has 1 amide bonds. The fourth-order valence-electron chi connectivity index (χ4n) is 2.50. The molecule has 2 aromatic heterocycles. The van der Waals surface area contributed by atoms with Crippen LogP contribution in [0, 0.1) is 0 Å². The van der Waals surface area contributed by atoms with Crippen LogP contribution in [0.1, 0.15) is 23.2 Å². The van der Waals surface area contributed by atoms with Crippen LogP contribution in [0.25, 0.3) is 11.0 Å². The number of aryl methyl sites for hydroxylation is 1. The minimum Gasteiger partial charge on any atom is -0.478 e. The van der Waals surface area contributed by atoms with Gasteiger partial charge in [0.2, 0.25) is 5.91 Å². The lowest BCUT2D eigenvalue weighted by Gasteiger charge is -2.14. The van der Waals surface area contributed by atoms with E-state index in [0.717, 1.165) is 6.42 Å². The summed E-state index contributed by atoms with van der Waals surface area (Å²) in [5.41, 5.74) is 1.19. The van der Waals surface area contributed by atoms with Crippen molar-refractivity contribution in [1.82, 2.24) is 20.1 Å². The summed E-state index contributed by atoms with van der Waals surface area (Å²) < 4.78 is 1.59. The van der Waals surface area contributed by atoms with Crippen LogP contribution in [-0.2, 0) is 11.8 Å². The maximum Gasteiger partial charge on any atom is 0.339 e. The van der Waals surface area contributed by atoms with Crippen molar-refractivity contribution in [3.05, 3.63) is 18.0 Å². The molecule has 0 aromatic carbocycles. The molecule has 1 unspecified atom stereocenters. The maximum atomic E-state index is 11.3. The van der Waals surface area contributed by atoms with E-state index in [2.05, 4.69) is 20.7 Å². The number of rotatable bonds is 4. The number of pyridine rings is 1. The zero-order chi connectivity index (χ0) is 15.0. The van der Waals surface area contributed by atoms with Gasteiger partial charge in [0.15, 0.2) is 5.65 Å². The van der Waals surface area contributed by atoms with Gasteiger partial charge in [-0.15, -0.1) is 0 Å². The monoisotopic (exact) mass is 289 g/mol. The number of anilines is 1. The van der Waals surface area contributed by atoms with Crippen molar-refractivity contribution >= 4 is 28.6 Å². The second kappa shape index (κ2) is 5.04. The lowest BCUT2D eigenvalue weighted by Crippen LogP contribution is -2.32. The Morgan fingerprint density at radius 3 is 3.05 bits per heavy atom. The fourth-order valence-corrected chi connectivity index (χ4v) is 2.50. The summed E-state index contributed by atoms with van der Waals surface area (Å²) in [6.07, 6.45) is 4.17. The van der Waals surface area contributed by atoms with E-state index < -0.39 is 5.97 Å². The Bertz CT molecular complexity index is 724. The van der Waals surface area contributed by atoms with E-state index >= 15 is 0 Å². The van der Waals surface area contributed by atoms with Crippen LogP contribution in [0.4, 0.5) is 5.69 Å². The van der Waals surface area contributed by atoms with E-state index in [4.69, 9.17) is 0 Å². The second-order valence-corrected chi connectivity index (χ2v) is 5.04. The SMILES string of the molecule is Cn1ncc2c(NCC3CCC(=O)N3)c(C(=O)O)cnc21. The molecule has 21 heavy (non-hydrogen) atoms. The highest BCUT2D eigenvalue weighted by Gasteiger charge is 2.22. The summed E-state index contributed by atoms with van der Waals surface area (Å²) in [5, 5.41) is 20.0. The molecule has 1 aliphatic heterocycles. The molecule has 3 heterocycles. The van der Waals surface area contributed by atoms with Gasteiger partial charge in [0, 0.05) is 32.3 Å². The average Bonchev–Trinajstić information content (AvgIpc) is 3.03. The molecule has 1 atom stereocenters. The van der Waals surface area contributed by atoms with E-state index in [-0.39, 0.29) is 17.5 Å². The van der Waals surface area contributed by atoms with E-state index in [9.17, 15) is 14.7 Å². The van der Waals surface area contributed by atoms with Gasteiger partial charge in [0.25, 0.3) is 0 Å². The minimum absolute atomic E-state index is 0.0130. The molecule has 1 saturated heterocycles. The van der Waals surface area contributed by atoms with Gasteiger partial charge < -0.3 is 15.7 Å². The Hall–Kier alpha value is -2.64. The minimum atomic E-state index is -1.05. The first-order chi connectivity index (χ1) is 10.1. The quantitative estimate of drug-likeness (QED) is 0.749. The van der Waals surface area contributed by atoms with Crippen LogP contribution in [-0.4, -0.2) is 44.3 Å². The van der Waals surface area contributed by atoms with Crippen LogP contribution < -0.4 is 10.6 Å². The number of amides is 1. The number of nitrogens with one attached hydrogen (secondary N) is 2. The zero-order valence-corrected chi connectivity index (χ0v) is 11.5. The van der Waals surface area contributed by atoms with Crippen molar-refractivity contribution in [1.29, 1.82) is 0 Å². The van der Waals surface area contributed by atoms with E-state index in [1.165, 1.54) is 6.20 Å². The Morgan fingerprint density at radius 1 is 1.57 bits per heavy atom. The van der Waals surface area contributed by atoms with Crippen LogP contribution in [0.15, 0.2) is 12.4 Å². The number of carbonyl (C=O) groups is 2. The van der Waals surface area contributed by atoms with Gasteiger partial charge in [-0.3, -0.25) is 9.48 Å². The molecule has 0 bridgehead atoms. The van der Waals surface area contributed by atoms with E-state index in [0.29, 0.717) is 29.7 Å². The van der Waals surface area contributed by atoms with Gasteiger partial charge >= 0.3 is 5.97 Å². The number of aromatic carboxylic acids is 1. The van der Waals surface area contributed by atoms with Crippen LogP contribution >= 0.6 is 0 Å². The third-order valence-corrected chi connectivity index (χ3v) is 3.60. The van der Waals surface area contributed by atoms with E-state index in [1.807, 2.05) is 0 Å². The van der Waals surface area contributed by atoms with Gasteiger partial charge in [0.1, 0.15) is 5.56 Å². The molecule has 0 aliphatic carbocycles. The lowest BCUT2D eigenvalue weighted by atomic mass is 10.1. The maximum absolute atomic E-state index is 11.3. The number of hydrogen-bond acceptors (Lipinski definition) is 5. The summed E-state index contributed by atoms with van der Waals surface area (Å²) >= 11 is 0. The Balaban J connectivity index is 1.92. The topological polar surface area (TPSA) is 109 Å². The molecule has 3 rings (SSSR count). The average molecular weight is 289 g/mol. The molecule has 2 aromatic rings. The zero-order valence-electron chi connectivity index (χ0n) is 11.5. The van der Waals surface area contributed by atoms with Crippen LogP contribution in [0.3, 0.4) is 0 Å². The molecule has 0 saturated carbocycles. The van der Waals surface area contributed by atoms with Gasteiger partial charge in [-0.2, -0.15) is 5.10 Å². The van der Waals surface area contributed by atoms with Crippen molar-refractivity contribution in [2.45, 2.75) is 18.9 Å². The normalized spacial score (nSPS) is 18.0. The number of carbonyl (C=O) groups excluding carboxylic acids is 1.